The van der Waals surface area contributed by atoms with Crippen molar-refractivity contribution in [3.05, 3.63) is 17.3 Å². The minimum absolute atomic E-state index is 0.455. The van der Waals surface area contributed by atoms with E-state index in [9.17, 15) is 0 Å². The molecule has 3 rings (SSSR count). The maximum atomic E-state index is 5.89. The predicted molar refractivity (Wildman–Crippen MR) is 77.0 cm³/mol. The van der Waals surface area contributed by atoms with Crippen LogP contribution in [0.25, 0.3) is 11.5 Å². The Morgan fingerprint density at radius 1 is 1.47 bits per heavy atom. The first-order valence-electron chi connectivity index (χ1n) is 6.95. The monoisotopic (exact) mass is 277 g/mol. The summed E-state index contributed by atoms with van der Waals surface area (Å²) in [6.45, 7) is 2.26. The van der Waals surface area contributed by atoms with Gasteiger partial charge in [0.1, 0.15) is 0 Å². The van der Waals surface area contributed by atoms with Crippen LogP contribution in [0.2, 0.25) is 0 Å². The molecule has 2 unspecified atom stereocenters. The summed E-state index contributed by atoms with van der Waals surface area (Å²) in [4.78, 5) is 4.55. The van der Waals surface area contributed by atoms with E-state index < -0.39 is 0 Å². The molecule has 0 amide bonds. The lowest BCUT2D eigenvalue weighted by atomic mass is 9.80. The smallest absolute Gasteiger partial charge is 0.260 e. The average Bonchev–Trinajstić information content (AvgIpc) is 3.07. The molecule has 2 aromatic rings. The van der Waals surface area contributed by atoms with Crippen molar-refractivity contribution >= 4 is 16.3 Å². The number of thiophene rings is 1. The van der Waals surface area contributed by atoms with Gasteiger partial charge in [-0.05, 0) is 30.2 Å². The van der Waals surface area contributed by atoms with Crippen LogP contribution < -0.4 is 5.73 Å². The van der Waals surface area contributed by atoms with Crippen molar-refractivity contribution in [3.63, 3.8) is 0 Å². The van der Waals surface area contributed by atoms with Gasteiger partial charge in [0.05, 0.1) is 10.6 Å². The van der Waals surface area contributed by atoms with Crippen LogP contribution in [-0.2, 0) is 0 Å². The molecule has 1 aliphatic carbocycles. The molecular weight excluding hydrogens is 258 g/mol. The zero-order chi connectivity index (χ0) is 13.2. The fraction of sp³-hybridized carbons (Fsp3) is 0.571. The van der Waals surface area contributed by atoms with Crippen molar-refractivity contribution in [2.75, 3.05) is 5.73 Å². The van der Waals surface area contributed by atoms with E-state index in [1.165, 1.54) is 43.4 Å². The molecule has 0 spiro atoms. The van der Waals surface area contributed by atoms with E-state index in [4.69, 9.17) is 10.3 Å². The summed E-state index contributed by atoms with van der Waals surface area (Å²) >= 11 is 1.50. The van der Waals surface area contributed by atoms with Crippen molar-refractivity contribution in [2.45, 2.75) is 44.9 Å². The largest absolute Gasteiger partial charge is 0.390 e. The van der Waals surface area contributed by atoms with Gasteiger partial charge >= 0.3 is 0 Å². The van der Waals surface area contributed by atoms with E-state index >= 15 is 0 Å². The summed E-state index contributed by atoms with van der Waals surface area (Å²) in [6.07, 6.45) is 6.23. The Bertz CT molecular complexity index is 548. The van der Waals surface area contributed by atoms with Gasteiger partial charge in [0.2, 0.25) is 0 Å². The molecular formula is C14H19N3OS. The highest BCUT2D eigenvalue weighted by Gasteiger charge is 2.26. The first-order valence-corrected chi connectivity index (χ1v) is 7.82. The Labute approximate surface area is 117 Å². The quantitative estimate of drug-likeness (QED) is 0.918. The minimum Gasteiger partial charge on any atom is -0.390 e. The molecule has 2 N–H and O–H groups in total. The zero-order valence-corrected chi connectivity index (χ0v) is 11.9. The Hall–Kier alpha value is -1.36. The van der Waals surface area contributed by atoms with Gasteiger partial charge in [-0.25, -0.2) is 0 Å². The molecule has 2 atom stereocenters. The Morgan fingerprint density at radius 3 is 3.11 bits per heavy atom. The third-order valence-electron chi connectivity index (χ3n) is 4.09. The highest BCUT2D eigenvalue weighted by atomic mass is 32.1. The molecule has 19 heavy (non-hydrogen) atoms. The number of rotatable bonds is 3. The van der Waals surface area contributed by atoms with Crippen LogP contribution in [0.4, 0.5) is 5.00 Å². The third-order valence-corrected chi connectivity index (χ3v) is 4.84. The first-order chi connectivity index (χ1) is 9.28. The number of hydrogen-bond donors (Lipinski definition) is 1. The topological polar surface area (TPSA) is 64.9 Å². The van der Waals surface area contributed by atoms with E-state index in [0.29, 0.717) is 11.8 Å². The SMILES string of the molecule is CCC1CCCC(c2noc(-c3ccsc3N)n2)C1. The van der Waals surface area contributed by atoms with Crippen molar-refractivity contribution < 1.29 is 4.52 Å². The van der Waals surface area contributed by atoms with E-state index in [1.54, 1.807) is 0 Å². The highest BCUT2D eigenvalue weighted by Crippen LogP contribution is 2.37. The van der Waals surface area contributed by atoms with Gasteiger partial charge in [0.15, 0.2) is 5.82 Å². The molecule has 1 fully saturated rings. The van der Waals surface area contributed by atoms with Gasteiger partial charge in [0.25, 0.3) is 5.89 Å². The number of nitrogen functional groups attached to an aromatic ring is 1. The van der Waals surface area contributed by atoms with Crippen LogP contribution in [-0.4, -0.2) is 10.1 Å². The summed E-state index contributed by atoms with van der Waals surface area (Å²) < 4.78 is 5.38. The first kappa shape index (κ1) is 12.7. The van der Waals surface area contributed by atoms with Crippen LogP contribution in [0.3, 0.4) is 0 Å². The van der Waals surface area contributed by atoms with Crippen molar-refractivity contribution in [1.29, 1.82) is 0 Å². The van der Waals surface area contributed by atoms with Crippen molar-refractivity contribution in [2.24, 2.45) is 5.92 Å². The molecule has 0 saturated heterocycles. The summed E-state index contributed by atoms with van der Waals surface area (Å²) in [5, 5.41) is 6.86. The third kappa shape index (κ3) is 2.52. The highest BCUT2D eigenvalue weighted by molar-refractivity contribution is 7.14. The molecule has 102 valence electrons. The number of nitrogens with zero attached hydrogens (tertiary/aromatic N) is 2. The molecule has 1 aliphatic rings. The Kier molecular flexibility index (Phi) is 3.55. The standard InChI is InChI=1S/C14H19N3OS/c1-2-9-4-3-5-10(8-9)13-16-14(18-17-13)11-6-7-19-12(11)15/h6-7,9-10H,2-5,8,15H2,1H3. The molecule has 2 aromatic heterocycles. The summed E-state index contributed by atoms with van der Waals surface area (Å²) in [5.74, 6) is 2.69. The summed E-state index contributed by atoms with van der Waals surface area (Å²) in [6, 6.07) is 1.94. The second-order valence-electron chi connectivity index (χ2n) is 5.29. The van der Waals surface area contributed by atoms with Gasteiger partial charge < -0.3 is 10.3 Å². The maximum Gasteiger partial charge on any atom is 0.260 e. The number of hydrogen-bond acceptors (Lipinski definition) is 5. The van der Waals surface area contributed by atoms with Gasteiger partial charge in [0, 0.05) is 5.92 Å². The molecule has 1 saturated carbocycles. The van der Waals surface area contributed by atoms with Crippen LogP contribution in [0.1, 0.15) is 50.8 Å². The fourth-order valence-corrected chi connectivity index (χ4v) is 3.54. The molecule has 5 heteroatoms. The van der Waals surface area contributed by atoms with E-state index in [-0.39, 0.29) is 0 Å². The normalized spacial score (nSPS) is 23.6. The van der Waals surface area contributed by atoms with Crippen LogP contribution in [0, 0.1) is 5.92 Å². The molecule has 0 aromatic carbocycles. The van der Waals surface area contributed by atoms with Crippen LogP contribution in [0.5, 0.6) is 0 Å². The lowest BCUT2D eigenvalue weighted by Crippen LogP contribution is -2.14. The van der Waals surface area contributed by atoms with Gasteiger partial charge in [-0.3, -0.25) is 0 Å². The lowest BCUT2D eigenvalue weighted by molar-refractivity contribution is 0.300. The number of nitrogens with two attached hydrogens (primary N) is 1. The van der Waals surface area contributed by atoms with Crippen LogP contribution >= 0.6 is 11.3 Å². The Balaban J connectivity index is 1.79. The second-order valence-corrected chi connectivity index (χ2v) is 6.24. The van der Waals surface area contributed by atoms with Crippen molar-refractivity contribution in [1.82, 2.24) is 10.1 Å². The number of aromatic nitrogens is 2. The van der Waals surface area contributed by atoms with Gasteiger partial charge in [-0.2, -0.15) is 4.98 Å². The average molecular weight is 277 g/mol. The zero-order valence-electron chi connectivity index (χ0n) is 11.1. The summed E-state index contributed by atoms with van der Waals surface area (Å²) in [7, 11) is 0. The van der Waals surface area contributed by atoms with Gasteiger partial charge in [-0.15, -0.1) is 11.3 Å². The molecule has 0 bridgehead atoms. The summed E-state index contributed by atoms with van der Waals surface area (Å²) in [5.41, 5.74) is 6.76. The predicted octanol–water partition coefficient (Wildman–Crippen LogP) is 4.06. The van der Waals surface area contributed by atoms with Gasteiger partial charge in [-0.1, -0.05) is 31.3 Å². The maximum absolute atomic E-state index is 5.89. The number of anilines is 1. The molecule has 4 nitrogen and oxygen atoms in total. The van der Waals surface area contributed by atoms with E-state index in [2.05, 4.69) is 17.1 Å². The minimum atomic E-state index is 0.455. The molecule has 0 radical (unpaired) electrons. The van der Waals surface area contributed by atoms with E-state index in [0.717, 1.165) is 22.3 Å². The second kappa shape index (κ2) is 5.33. The molecule has 2 heterocycles. The van der Waals surface area contributed by atoms with Crippen LogP contribution in [0.15, 0.2) is 16.0 Å². The van der Waals surface area contributed by atoms with E-state index in [1.807, 2.05) is 11.4 Å². The lowest BCUT2D eigenvalue weighted by Gasteiger charge is -2.26. The Morgan fingerprint density at radius 2 is 2.37 bits per heavy atom. The molecule has 0 aliphatic heterocycles. The fourth-order valence-electron chi connectivity index (χ4n) is 2.90. The van der Waals surface area contributed by atoms with Crippen molar-refractivity contribution in [3.8, 4) is 11.5 Å².